The van der Waals surface area contributed by atoms with E-state index in [0.29, 0.717) is 18.0 Å². The Balaban J connectivity index is 0.00000225. The molecule has 16 heavy (non-hydrogen) atoms. The quantitative estimate of drug-likeness (QED) is 0.875. The molecule has 0 atom stereocenters. The van der Waals surface area contributed by atoms with Gasteiger partial charge in [-0.3, -0.25) is 0 Å². The smallest absolute Gasteiger partial charge is 0.272 e. The summed E-state index contributed by atoms with van der Waals surface area (Å²) < 4.78 is 33.6. The molecule has 6 heteroatoms. The lowest BCUT2D eigenvalue weighted by atomic mass is 10.2. The molecule has 0 aliphatic heterocycles. The SMILES string of the molecule is COc1cc(OCC(F)F)ccc1CN.Cl. The molecule has 0 aromatic heterocycles. The van der Waals surface area contributed by atoms with Gasteiger partial charge in [0.05, 0.1) is 7.11 Å². The van der Waals surface area contributed by atoms with Gasteiger partial charge in [-0.2, -0.15) is 0 Å². The first-order valence-electron chi connectivity index (χ1n) is 4.45. The van der Waals surface area contributed by atoms with Crippen LogP contribution in [0.3, 0.4) is 0 Å². The van der Waals surface area contributed by atoms with Crippen molar-refractivity contribution in [3.05, 3.63) is 23.8 Å². The van der Waals surface area contributed by atoms with Gasteiger partial charge in [0, 0.05) is 18.2 Å². The van der Waals surface area contributed by atoms with E-state index in [9.17, 15) is 8.78 Å². The van der Waals surface area contributed by atoms with Gasteiger partial charge in [-0.05, 0) is 6.07 Å². The fourth-order valence-electron chi connectivity index (χ4n) is 1.14. The Labute approximate surface area is 98.9 Å². The summed E-state index contributed by atoms with van der Waals surface area (Å²) in [6.45, 7) is -0.288. The topological polar surface area (TPSA) is 44.5 Å². The normalized spacial score (nSPS) is 9.81. The minimum absolute atomic E-state index is 0. The molecule has 1 aromatic carbocycles. The monoisotopic (exact) mass is 253 g/mol. The van der Waals surface area contributed by atoms with Crippen molar-refractivity contribution >= 4 is 12.4 Å². The van der Waals surface area contributed by atoms with Crippen LogP contribution in [0.25, 0.3) is 0 Å². The number of hydrogen-bond acceptors (Lipinski definition) is 3. The summed E-state index contributed by atoms with van der Waals surface area (Å²) in [7, 11) is 1.49. The molecule has 1 rings (SSSR count). The van der Waals surface area contributed by atoms with Crippen LogP contribution in [0, 0.1) is 0 Å². The molecule has 0 bridgehead atoms. The van der Waals surface area contributed by atoms with Crippen LogP contribution < -0.4 is 15.2 Å². The Bertz CT molecular complexity index is 324. The highest BCUT2D eigenvalue weighted by molar-refractivity contribution is 5.85. The zero-order valence-electron chi connectivity index (χ0n) is 8.78. The maximum Gasteiger partial charge on any atom is 0.272 e. The van der Waals surface area contributed by atoms with E-state index in [1.165, 1.54) is 7.11 Å². The summed E-state index contributed by atoms with van der Waals surface area (Å²) in [6.07, 6.45) is -2.48. The van der Waals surface area contributed by atoms with Gasteiger partial charge in [-0.15, -0.1) is 12.4 Å². The standard InChI is InChI=1S/C10H13F2NO2.ClH/c1-14-9-4-8(15-6-10(11)12)3-2-7(9)5-13;/h2-4,10H,5-6,13H2,1H3;1H. The minimum Gasteiger partial charge on any atom is -0.496 e. The van der Waals surface area contributed by atoms with Crippen LogP contribution in [0.2, 0.25) is 0 Å². The number of nitrogens with two attached hydrogens (primary N) is 1. The molecule has 0 fully saturated rings. The first-order valence-corrected chi connectivity index (χ1v) is 4.45. The number of ether oxygens (including phenoxy) is 2. The molecule has 0 aliphatic carbocycles. The van der Waals surface area contributed by atoms with Crippen LogP contribution >= 0.6 is 12.4 Å². The molecule has 3 nitrogen and oxygen atoms in total. The van der Waals surface area contributed by atoms with Crippen molar-refractivity contribution in [3.8, 4) is 11.5 Å². The number of alkyl halides is 2. The fourth-order valence-corrected chi connectivity index (χ4v) is 1.14. The van der Waals surface area contributed by atoms with Gasteiger partial charge in [0.25, 0.3) is 6.43 Å². The van der Waals surface area contributed by atoms with Gasteiger partial charge in [0.2, 0.25) is 0 Å². The largest absolute Gasteiger partial charge is 0.496 e. The minimum atomic E-state index is -2.48. The van der Waals surface area contributed by atoms with Crippen LogP contribution in [0.15, 0.2) is 18.2 Å². The van der Waals surface area contributed by atoms with Crippen LogP contribution in [-0.2, 0) is 6.54 Å². The maximum absolute atomic E-state index is 11.9. The van der Waals surface area contributed by atoms with Crippen molar-refractivity contribution in [3.63, 3.8) is 0 Å². The summed E-state index contributed by atoms with van der Waals surface area (Å²) in [5, 5.41) is 0. The van der Waals surface area contributed by atoms with Crippen molar-refractivity contribution in [2.24, 2.45) is 5.73 Å². The van der Waals surface area contributed by atoms with Gasteiger partial charge in [-0.25, -0.2) is 8.78 Å². The van der Waals surface area contributed by atoms with E-state index >= 15 is 0 Å². The van der Waals surface area contributed by atoms with Gasteiger partial charge >= 0.3 is 0 Å². The van der Waals surface area contributed by atoms with Crippen molar-refractivity contribution < 1.29 is 18.3 Å². The Morgan fingerprint density at radius 1 is 1.38 bits per heavy atom. The molecule has 0 saturated carbocycles. The molecule has 92 valence electrons. The number of benzene rings is 1. The number of halogens is 3. The Kier molecular flexibility index (Phi) is 6.76. The summed E-state index contributed by atoms with van der Waals surface area (Å²) >= 11 is 0. The predicted molar refractivity (Wildman–Crippen MR) is 59.6 cm³/mol. The van der Waals surface area contributed by atoms with E-state index in [4.69, 9.17) is 15.2 Å². The second-order valence-corrected chi connectivity index (χ2v) is 2.88. The molecule has 0 unspecified atom stereocenters. The first-order chi connectivity index (χ1) is 7.17. The van der Waals surface area contributed by atoms with E-state index in [1.807, 2.05) is 0 Å². The van der Waals surface area contributed by atoms with Crippen molar-refractivity contribution in [2.45, 2.75) is 13.0 Å². The fraction of sp³-hybridized carbons (Fsp3) is 0.400. The molecule has 0 heterocycles. The zero-order chi connectivity index (χ0) is 11.3. The average Bonchev–Trinajstić information content (AvgIpc) is 2.25. The predicted octanol–water partition coefficient (Wildman–Crippen LogP) is 2.22. The molecule has 0 saturated heterocycles. The van der Waals surface area contributed by atoms with Crippen LogP contribution in [0.5, 0.6) is 11.5 Å². The van der Waals surface area contributed by atoms with Gasteiger partial charge in [-0.1, -0.05) is 6.07 Å². The molecule has 0 amide bonds. The average molecular weight is 254 g/mol. The second-order valence-electron chi connectivity index (χ2n) is 2.88. The molecule has 1 aromatic rings. The molecular weight excluding hydrogens is 240 g/mol. The number of methoxy groups -OCH3 is 1. The molecule has 0 spiro atoms. The van der Waals surface area contributed by atoms with Crippen LogP contribution in [0.1, 0.15) is 5.56 Å². The van der Waals surface area contributed by atoms with E-state index in [1.54, 1.807) is 18.2 Å². The van der Waals surface area contributed by atoms with Crippen LogP contribution in [0.4, 0.5) is 8.78 Å². The molecule has 2 N–H and O–H groups in total. The van der Waals surface area contributed by atoms with Crippen molar-refractivity contribution in [1.82, 2.24) is 0 Å². The Morgan fingerprint density at radius 3 is 2.56 bits per heavy atom. The number of rotatable bonds is 5. The molecule has 0 aliphatic rings. The van der Waals surface area contributed by atoms with Gasteiger partial charge in [0.15, 0.2) is 0 Å². The van der Waals surface area contributed by atoms with E-state index in [-0.39, 0.29) is 12.4 Å². The summed E-state index contributed by atoms with van der Waals surface area (Å²) in [5.41, 5.74) is 6.26. The maximum atomic E-state index is 11.9. The highest BCUT2D eigenvalue weighted by Crippen LogP contribution is 2.24. The summed E-state index contributed by atoms with van der Waals surface area (Å²) in [4.78, 5) is 0. The second kappa shape index (κ2) is 7.24. The Hall–Kier alpha value is -1.07. The zero-order valence-corrected chi connectivity index (χ0v) is 9.60. The lowest BCUT2D eigenvalue weighted by Gasteiger charge is -2.10. The van der Waals surface area contributed by atoms with E-state index in [0.717, 1.165) is 5.56 Å². The molecule has 0 radical (unpaired) electrons. The lowest BCUT2D eigenvalue weighted by Crippen LogP contribution is -2.07. The highest BCUT2D eigenvalue weighted by Gasteiger charge is 2.06. The third kappa shape index (κ3) is 4.20. The first kappa shape index (κ1) is 14.9. The van der Waals surface area contributed by atoms with Gasteiger partial charge < -0.3 is 15.2 Å². The number of hydrogen-bond donors (Lipinski definition) is 1. The van der Waals surface area contributed by atoms with Gasteiger partial charge in [0.1, 0.15) is 18.1 Å². The van der Waals surface area contributed by atoms with Crippen LogP contribution in [-0.4, -0.2) is 20.1 Å². The Morgan fingerprint density at radius 2 is 2.06 bits per heavy atom. The third-order valence-electron chi connectivity index (χ3n) is 1.85. The summed E-state index contributed by atoms with van der Waals surface area (Å²) in [6, 6.07) is 4.83. The lowest BCUT2D eigenvalue weighted by molar-refractivity contribution is 0.0817. The summed E-state index contributed by atoms with van der Waals surface area (Å²) in [5.74, 6) is 0.897. The van der Waals surface area contributed by atoms with E-state index in [2.05, 4.69) is 0 Å². The van der Waals surface area contributed by atoms with Crippen molar-refractivity contribution in [1.29, 1.82) is 0 Å². The van der Waals surface area contributed by atoms with E-state index < -0.39 is 13.0 Å². The third-order valence-corrected chi connectivity index (χ3v) is 1.85. The molecular formula is C10H14ClF2NO2. The highest BCUT2D eigenvalue weighted by atomic mass is 35.5. The van der Waals surface area contributed by atoms with Crippen molar-refractivity contribution in [2.75, 3.05) is 13.7 Å².